The second-order valence-electron chi connectivity index (χ2n) is 7.91. The molecule has 2 aromatic heterocycles. The van der Waals surface area contributed by atoms with Crippen LogP contribution in [0.3, 0.4) is 0 Å². The molecule has 0 aliphatic heterocycles. The van der Waals surface area contributed by atoms with Crippen LogP contribution < -0.4 is 10.1 Å². The first-order valence-corrected chi connectivity index (χ1v) is 11.0. The lowest BCUT2D eigenvalue weighted by Gasteiger charge is -2.29. The summed E-state index contributed by atoms with van der Waals surface area (Å²) in [4.78, 5) is 8.76. The van der Waals surface area contributed by atoms with Gasteiger partial charge in [-0.25, -0.2) is 8.78 Å². The quantitative estimate of drug-likeness (QED) is 0.358. The Morgan fingerprint density at radius 2 is 1.91 bits per heavy atom. The van der Waals surface area contributed by atoms with Crippen molar-refractivity contribution < 1.29 is 18.6 Å². The summed E-state index contributed by atoms with van der Waals surface area (Å²) < 4.78 is 32.9. The third kappa shape index (κ3) is 4.34. The molecule has 0 spiro atoms. The molecule has 0 bridgehead atoms. The van der Waals surface area contributed by atoms with E-state index in [0.29, 0.717) is 33.9 Å². The Hall–Kier alpha value is -3.30. The highest BCUT2D eigenvalue weighted by Gasteiger charge is 2.26. The molecule has 0 unspecified atom stereocenters. The number of halogens is 3. The van der Waals surface area contributed by atoms with Gasteiger partial charge in [0.1, 0.15) is 11.6 Å². The molecule has 2 atom stereocenters. The van der Waals surface area contributed by atoms with E-state index in [4.69, 9.17) is 16.3 Å². The third-order valence-electron chi connectivity index (χ3n) is 5.68. The molecular formula is C23H20ClF2N5O2. The van der Waals surface area contributed by atoms with Crippen LogP contribution in [0.15, 0.2) is 42.5 Å². The molecular weight excluding hydrogens is 452 g/mol. The molecule has 5 rings (SSSR count). The monoisotopic (exact) mass is 471 g/mol. The topological polar surface area (TPSA) is 95.9 Å². The largest absolute Gasteiger partial charge is 0.421 e. The smallest absolute Gasteiger partial charge is 0.326 e. The zero-order chi connectivity index (χ0) is 22.9. The minimum atomic E-state index is -0.880. The summed E-state index contributed by atoms with van der Waals surface area (Å²) in [5.41, 5.74) is 1.57. The number of benzene rings is 2. The van der Waals surface area contributed by atoms with Gasteiger partial charge in [0.05, 0.1) is 23.2 Å². The Balaban J connectivity index is 1.61. The number of H-pyrrole nitrogens is 1. The van der Waals surface area contributed by atoms with Crippen molar-refractivity contribution in [3.8, 4) is 23.0 Å². The highest BCUT2D eigenvalue weighted by atomic mass is 35.5. The van der Waals surface area contributed by atoms with E-state index in [9.17, 15) is 13.9 Å². The summed E-state index contributed by atoms with van der Waals surface area (Å²) in [6.07, 6.45) is 2.81. The predicted molar refractivity (Wildman–Crippen MR) is 120 cm³/mol. The molecule has 2 aromatic carbocycles. The Kier molecular flexibility index (Phi) is 5.82. The van der Waals surface area contributed by atoms with Crippen molar-refractivity contribution in [3.63, 3.8) is 0 Å². The second kappa shape index (κ2) is 8.92. The molecule has 1 aliphatic rings. The van der Waals surface area contributed by atoms with Gasteiger partial charge in [0.25, 0.3) is 0 Å². The van der Waals surface area contributed by atoms with Crippen molar-refractivity contribution in [1.82, 2.24) is 20.2 Å². The fraction of sp³-hybridized carbons (Fsp3) is 0.261. The predicted octanol–water partition coefficient (Wildman–Crippen LogP) is 5.46. The number of aliphatic hydroxyl groups excluding tert-OH is 1. The summed E-state index contributed by atoms with van der Waals surface area (Å²) in [5.74, 6) is -1.45. The molecule has 3 N–H and O–H groups in total. The summed E-state index contributed by atoms with van der Waals surface area (Å²) >= 11 is 6.41. The number of fused-ring (bicyclic) bond motifs is 1. The van der Waals surface area contributed by atoms with Crippen molar-refractivity contribution in [2.45, 2.75) is 37.8 Å². The molecule has 2 heterocycles. The van der Waals surface area contributed by atoms with Gasteiger partial charge in [0, 0.05) is 16.7 Å². The SMILES string of the molecule is O[C@H]1CCCC[C@H]1Nc1nc(Oc2ccc(F)cc2F)nc2n[nH]c(-c3ccccc3Cl)c12. The number of aromatic nitrogens is 4. The number of anilines is 1. The maximum Gasteiger partial charge on any atom is 0.326 e. The van der Waals surface area contributed by atoms with Crippen LogP contribution in [0.25, 0.3) is 22.3 Å². The average molecular weight is 472 g/mol. The van der Waals surface area contributed by atoms with Gasteiger partial charge in [0.2, 0.25) is 0 Å². The molecule has 170 valence electrons. The standard InChI is InChI=1S/C23H20ClF2N5O2/c24-14-6-2-1-5-13(14)20-19-21(27-16-7-3-4-8-17(16)32)28-23(29-22(19)31-30-20)33-18-10-9-12(25)11-15(18)26/h1-2,5-6,9-11,16-17,32H,3-4,7-8H2,(H2,27,28,29,30,31)/t16-,17+/m1/s1. The van der Waals surface area contributed by atoms with Gasteiger partial charge in [0.15, 0.2) is 17.2 Å². The van der Waals surface area contributed by atoms with Crippen LogP contribution in [0.2, 0.25) is 5.02 Å². The van der Waals surface area contributed by atoms with E-state index >= 15 is 0 Å². The van der Waals surface area contributed by atoms with E-state index in [2.05, 4.69) is 25.5 Å². The first-order valence-electron chi connectivity index (χ1n) is 10.6. The average Bonchev–Trinajstić information content (AvgIpc) is 3.22. The second-order valence-corrected chi connectivity index (χ2v) is 8.32. The van der Waals surface area contributed by atoms with Gasteiger partial charge in [-0.1, -0.05) is 42.6 Å². The highest BCUT2D eigenvalue weighted by molar-refractivity contribution is 6.33. The van der Waals surface area contributed by atoms with Crippen LogP contribution in [0.4, 0.5) is 14.6 Å². The molecule has 0 radical (unpaired) electrons. The lowest BCUT2D eigenvalue weighted by atomic mass is 9.92. The van der Waals surface area contributed by atoms with Crippen molar-refractivity contribution in [1.29, 1.82) is 0 Å². The van der Waals surface area contributed by atoms with Gasteiger partial charge in [-0.05, 0) is 31.0 Å². The Bertz CT molecular complexity index is 1320. The van der Waals surface area contributed by atoms with Crippen molar-refractivity contribution >= 4 is 28.5 Å². The highest BCUT2D eigenvalue weighted by Crippen LogP contribution is 2.37. The first kappa shape index (κ1) is 21.5. The molecule has 1 aliphatic carbocycles. The fourth-order valence-electron chi connectivity index (χ4n) is 4.03. The van der Waals surface area contributed by atoms with E-state index in [1.54, 1.807) is 6.07 Å². The number of hydrogen-bond donors (Lipinski definition) is 3. The lowest BCUT2D eigenvalue weighted by Crippen LogP contribution is -2.36. The summed E-state index contributed by atoms with van der Waals surface area (Å²) in [7, 11) is 0. The van der Waals surface area contributed by atoms with Crippen LogP contribution in [0, 0.1) is 11.6 Å². The molecule has 1 fully saturated rings. The molecule has 0 saturated heterocycles. The fourth-order valence-corrected chi connectivity index (χ4v) is 4.26. The van der Waals surface area contributed by atoms with Crippen molar-refractivity contribution in [2.75, 3.05) is 5.32 Å². The Morgan fingerprint density at radius 3 is 2.70 bits per heavy atom. The van der Waals surface area contributed by atoms with Crippen LogP contribution in [0.5, 0.6) is 11.8 Å². The number of ether oxygens (including phenoxy) is 1. The molecule has 33 heavy (non-hydrogen) atoms. The number of nitrogens with one attached hydrogen (secondary N) is 2. The molecule has 0 amide bonds. The Labute approximate surface area is 192 Å². The number of rotatable bonds is 5. The van der Waals surface area contributed by atoms with Crippen LogP contribution in [-0.4, -0.2) is 37.4 Å². The third-order valence-corrected chi connectivity index (χ3v) is 6.01. The maximum atomic E-state index is 14.1. The van der Waals surface area contributed by atoms with E-state index in [1.807, 2.05) is 18.2 Å². The minimum absolute atomic E-state index is 0.169. The van der Waals surface area contributed by atoms with Crippen LogP contribution in [0.1, 0.15) is 25.7 Å². The number of aromatic amines is 1. The zero-order valence-electron chi connectivity index (χ0n) is 17.4. The molecule has 10 heteroatoms. The summed E-state index contributed by atoms with van der Waals surface area (Å²) in [6.45, 7) is 0. The van der Waals surface area contributed by atoms with E-state index in [1.165, 1.54) is 0 Å². The number of hydrogen-bond acceptors (Lipinski definition) is 6. The number of aliphatic hydroxyl groups is 1. The van der Waals surface area contributed by atoms with Crippen LogP contribution in [-0.2, 0) is 0 Å². The lowest BCUT2D eigenvalue weighted by molar-refractivity contribution is 0.116. The van der Waals surface area contributed by atoms with Gasteiger partial charge < -0.3 is 15.2 Å². The molecule has 7 nitrogen and oxygen atoms in total. The van der Waals surface area contributed by atoms with Gasteiger partial charge in [-0.2, -0.15) is 15.1 Å². The van der Waals surface area contributed by atoms with Crippen molar-refractivity contribution in [3.05, 3.63) is 59.1 Å². The van der Waals surface area contributed by atoms with E-state index in [-0.39, 0.29) is 23.4 Å². The normalized spacial score (nSPS) is 18.4. The summed E-state index contributed by atoms with van der Waals surface area (Å²) in [5, 5.41) is 22.1. The Morgan fingerprint density at radius 1 is 1.09 bits per heavy atom. The molecule has 1 saturated carbocycles. The van der Waals surface area contributed by atoms with Crippen molar-refractivity contribution in [2.24, 2.45) is 0 Å². The summed E-state index contributed by atoms with van der Waals surface area (Å²) in [6, 6.07) is 9.83. The minimum Gasteiger partial charge on any atom is -0.421 e. The van der Waals surface area contributed by atoms with Gasteiger partial charge >= 0.3 is 6.01 Å². The first-order chi connectivity index (χ1) is 16.0. The van der Waals surface area contributed by atoms with Gasteiger partial charge in [-0.3, -0.25) is 5.10 Å². The van der Waals surface area contributed by atoms with Gasteiger partial charge in [-0.15, -0.1) is 0 Å². The van der Waals surface area contributed by atoms with Crippen LogP contribution >= 0.6 is 11.6 Å². The maximum absolute atomic E-state index is 14.1. The molecule has 4 aromatic rings. The van der Waals surface area contributed by atoms with E-state index in [0.717, 1.165) is 37.5 Å². The van der Waals surface area contributed by atoms with E-state index < -0.39 is 17.7 Å². The number of nitrogens with zero attached hydrogens (tertiary/aromatic N) is 3. The zero-order valence-corrected chi connectivity index (χ0v) is 18.1.